The van der Waals surface area contributed by atoms with E-state index in [9.17, 15) is 27.6 Å². The number of likely N-dealkylation sites (tertiary alicyclic amines) is 1. The maximum atomic E-state index is 13.4. The lowest BCUT2D eigenvalue weighted by atomic mass is 9.91. The lowest BCUT2D eigenvalue weighted by Crippen LogP contribution is -2.82. The molecule has 39 heavy (non-hydrogen) atoms. The Morgan fingerprint density at radius 1 is 0.974 bits per heavy atom. The van der Waals surface area contributed by atoms with Crippen LogP contribution in [-0.4, -0.2) is 79.1 Å². The maximum absolute atomic E-state index is 13.4. The molecule has 3 aliphatic heterocycles. The summed E-state index contributed by atoms with van der Waals surface area (Å²) < 4.78 is 45.4. The third kappa shape index (κ3) is 4.93. The number of ether oxygens (including phenoxy) is 3. The van der Waals surface area contributed by atoms with Crippen molar-refractivity contribution >= 4 is 33.8 Å². The summed E-state index contributed by atoms with van der Waals surface area (Å²) in [6.07, 6.45) is -0.310. The summed E-state index contributed by atoms with van der Waals surface area (Å²) >= 11 is 0. The second-order valence-corrected chi connectivity index (χ2v) is 11.0. The molecule has 0 N–H and O–H groups in total. The van der Waals surface area contributed by atoms with Crippen molar-refractivity contribution in [3.8, 4) is 0 Å². The van der Waals surface area contributed by atoms with Gasteiger partial charge in [0, 0.05) is 6.42 Å². The molecule has 206 valence electrons. The number of hydrogen-bond acceptors (Lipinski definition) is 10. The van der Waals surface area contributed by atoms with Crippen LogP contribution in [0, 0.1) is 0 Å². The number of imide groups is 1. The van der Waals surface area contributed by atoms with Crippen LogP contribution in [0.3, 0.4) is 0 Å². The van der Waals surface area contributed by atoms with Crippen LogP contribution in [0.2, 0.25) is 0 Å². The second-order valence-electron chi connectivity index (χ2n) is 9.32. The largest absolute Gasteiger partial charge is 0.461 e. The minimum atomic E-state index is -3.93. The average molecular weight is 559 g/mol. The van der Waals surface area contributed by atoms with E-state index in [0.717, 1.165) is 21.6 Å². The molecule has 2 aromatic rings. The van der Waals surface area contributed by atoms with Crippen molar-refractivity contribution in [1.82, 2.24) is 9.80 Å². The summed E-state index contributed by atoms with van der Waals surface area (Å²) in [6, 6.07) is 12.8. The number of carbonyl (C=O) groups excluding carboxylic acids is 4. The van der Waals surface area contributed by atoms with Gasteiger partial charge in [-0.05, 0) is 17.7 Å². The number of benzene rings is 2. The third-order valence-corrected chi connectivity index (χ3v) is 7.33. The van der Waals surface area contributed by atoms with Gasteiger partial charge in [0.2, 0.25) is 0 Å². The molecule has 0 radical (unpaired) electrons. The van der Waals surface area contributed by atoms with Crippen LogP contribution < -0.4 is 0 Å². The molecular formula is C26H26N2O10S. The molecule has 1 unspecified atom stereocenters. The van der Waals surface area contributed by atoms with Crippen LogP contribution in [0.15, 0.2) is 54.6 Å². The number of carbonyl (C=O) groups is 4. The predicted octanol–water partition coefficient (Wildman–Crippen LogP) is 1.41. The number of hydrogen-bond donors (Lipinski definition) is 0. The molecular weight excluding hydrogens is 532 g/mol. The number of esters is 1. The van der Waals surface area contributed by atoms with Gasteiger partial charge in [-0.15, -0.1) is 0 Å². The quantitative estimate of drug-likeness (QED) is 0.182. The Morgan fingerprint density at radius 3 is 2.13 bits per heavy atom. The first-order valence-corrected chi connectivity index (χ1v) is 14.1. The fraction of sp³-hybridized carbons (Fsp3) is 0.385. The van der Waals surface area contributed by atoms with Crippen molar-refractivity contribution in [2.75, 3.05) is 12.9 Å². The van der Waals surface area contributed by atoms with E-state index in [1.54, 1.807) is 19.1 Å². The molecule has 2 fully saturated rings. The smallest absolute Gasteiger partial charge is 0.311 e. The molecule has 2 aromatic carbocycles. The second kappa shape index (κ2) is 10.2. The van der Waals surface area contributed by atoms with Gasteiger partial charge in [0.15, 0.2) is 6.29 Å². The lowest BCUT2D eigenvalue weighted by molar-refractivity contribution is -0.502. The van der Waals surface area contributed by atoms with Gasteiger partial charge >= 0.3 is 5.97 Å². The van der Waals surface area contributed by atoms with Gasteiger partial charge in [0.1, 0.15) is 12.6 Å². The van der Waals surface area contributed by atoms with E-state index in [-0.39, 0.29) is 30.6 Å². The molecule has 0 saturated carbocycles. The van der Waals surface area contributed by atoms with Crippen LogP contribution in [-0.2, 0) is 44.7 Å². The normalized spacial score (nSPS) is 26.2. The van der Waals surface area contributed by atoms with Gasteiger partial charge in [-0.25, -0.2) is 0 Å². The number of amides is 3. The highest BCUT2D eigenvalue weighted by atomic mass is 32.2. The highest BCUT2D eigenvalue weighted by Crippen LogP contribution is 2.45. The molecule has 13 heteroatoms. The Kier molecular flexibility index (Phi) is 7.01. The predicted molar refractivity (Wildman–Crippen MR) is 132 cm³/mol. The topological polar surface area (TPSA) is 146 Å². The average Bonchev–Trinajstić information content (AvgIpc) is 3.13. The van der Waals surface area contributed by atoms with Gasteiger partial charge in [0.25, 0.3) is 33.8 Å². The van der Waals surface area contributed by atoms with Crippen molar-refractivity contribution in [1.29, 1.82) is 0 Å². The van der Waals surface area contributed by atoms with Crippen LogP contribution in [0.25, 0.3) is 0 Å². The Balaban J connectivity index is 1.29. The van der Waals surface area contributed by atoms with Gasteiger partial charge in [-0.1, -0.05) is 49.4 Å². The zero-order chi connectivity index (χ0) is 27.9. The van der Waals surface area contributed by atoms with E-state index in [1.165, 1.54) is 12.1 Å². The number of β-lactam (4-membered cyclic amide) rings is 1. The Labute approximate surface area is 224 Å². The molecule has 3 aliphatic rings. The summed E-state index contributed by atoms with van der Waals surface area (Å²) in [6.45, 7) is 1.20. The summed E-state index contributed by atoms with van der Waals surface area (Å²) in [4.78, 5) is 53.8. The number of fused-ring (bicyclic) bond motifs is 1. The zero-order valence-corrected chi connectivity index (χ0v) is 22.0. The highest BCUT2D eigenvalue weighted by Gasteiger charge is 2.66. The SMILES string of the molecule is CCC1(N2C(=O)[C@@H](N3C(=O)c4ccccc4C3=O)C2COS(C)(=O)=O)OC(CC(=O)OCc2ccccc2)O1. The molecule has 0 aliphatic carbocycles. The first-order chi connectivity index (χ1) is 18.5. The van der Waals surface area contributed by atoms with Crippen molar-refractivity contribution in [3.63, 3.8) is 0 Å². The standard InChI is InChI=1S/C26H26N2O10S/c1-3-26(37-21(38-26)13-20(29)35-14-16-9-5-4-6-10-16)28-19(15-36-39(2,33)34)22(25(28)32)27-23(30)17-11-7-8-12-18(17)24(27)31/h4-12,19,21-22H,3,13-15H2,1-2H3/t19?,21?,22-,26?/m0/s1. The Morgan fingerprint density at radius 2 is 1.56 bits per heavy atom. The first-order valence-electron chi connectivity index (χ1n) is 12.2. The van der Waals surface area contributed by atoms with Gasteiger partial charge in [0.05, 0.1) is 36.5 Å². The summed E-state index contributed by atoms with van der Waals surface area (Å²) in [5, 5.41) is 0. The van der Waals surface area contributed by atoms with Gasteiger partial charge in [-0.2, -0.15) is 8.42 Å². The summed E-state index contributed by atoms with van der Waals surface area (Å²) in [5.74, 6) is -4.23. The number of nitrogens with zero attached hydrogens (tertiary/aromatic N) is 2. The highest BCUT2D eigenvalue weighted by molar-refractivity contribution is 7.85. The minimum Gasteiger partial charge on any atom is -0.461 e. The Bertz CT molecular complexity index is 1390. The van der Waals surface area contributed by atoms with E-state index in [0.29, 0.717) is 0 Å². The van der Waals surface area contributed by atoms with E-state index < -0.39 is 64.7 Å². The Hall–Kier alpha value is -3.65. The van der Waals surface area contributed by atoms with E-state index in [1.807, 2.05) is 30.3 Å². The van der Waals surface area contributed by atoms with Crippen molar-refractivity contribution in [3.05, 3.63) is 71.3 Å². The first kappa shape index (κ1) is 26.9. The third-order valence-electron chi connectivity index (χ3n) is 6.76. The zero-order valence-electron chi connectivity index (χ0n) is 21.1. The van der Waals surface area contributed by atoms with Crippen molar-refractivity contribution in [2.45, 2.75) is 50.7 Å². The van der Waals surface area contributed by atoms with Crippen molar-refractivity contribution in [2.24, 2.45) is 0 Å². The monoisotopic (exact) mass is 558 g/mol. The lowest BCUT2D eigenvalue weighted by Gasteiger charge is -2.61. The molecule has 3 amide bonds. The minimum absolute atomic E-state index is 0.0722. The van der Waals surface area contributed by atoms with E-state index in [4.69, 9.17) is 18.4 Å². The molecule has 0 bridgehead atoms. The molecule has 2 atom stereocenters. The fourth-order valence-corrected chi connectivity index (χ4v) is 5.33. The molecule has 5 rings (SSSR count). The molecule has 0 aromatic heterocycles. The van der Waals surface area contributed by atoms with Crippen LogP contribution in [0.5, 0.6) is 0 Å². The van der Waals surface area contributed by atoms with Crippen molar-refractivity contribution < 1.29 is 46.0 Å². The maximum Gasteiger partial charge on any atom is 0.311 e. The van der Waals surface area contributed by atoms with Gasteiger partial charge in [-0.3, -0.25) is 33.2 Å². The molecule has 12 nitrogen and oxygen atoms in total. The fourth-order valence-electron chi connectivity index (χ4n) is 4.94. The van der Waals surface area contributed by atoms with E-state index in [2.05, 4.69) is 0 Å². The molecule has 2 saturated heterocycles. The molecule has 0 spiro atoms. The number of rotatable bonds is 10. The molecule has 3 heterocycles. The summed E-state index contributed by atoms with van der Waals surface area (Å²) in [5.41, 5.74) is 1.10. The van der Waals surface area contributed by atoms with E-state index >= 15 is 0 Å². The van der Waals surface area contributed by atoms with Crippen LogP contribution in [0.4, 0.5) is 0 Å². The summed E-state index contributed by atoms with van der Waals surface area (Å²) in [7, 11) is -3.93. The van der Waals surface area contributed by atoms with Gasteiger partial charge < -0.3 is 14.2 Å². The van der Waals surface area contributed by atoms with Crippen LogP contribution in [0.1, 0.15) is 46.0 Å². The van der Waals surface area contributed by atoms with Crippen LogP contribution >= 0.6 is 0 Å².